The predicted molar refractivity (Wildman–Crippen MR) is 157 cm³/mol. The standard InChI is InChI=1S/C29H29ClF3N5O3S/c1-28(2,3)41-27(40)35-21-5-4-10-37(16-21)26-36-25(39)24(42-26)12-17-6-9-23-19(11-17)14-34-38(23)15-18-7-8-20(30)13-22(18)29(31,32)33/h6-9,11-14,21H,4-5,10,15-16H2,1-3H3,(H,35,40)/b24-12-. The smallest absolute Gasteiger partial charge is 0.416 e. The van der Waals surface area contributed by atoms with Crippen molar-refractivity contribution in [1.29, 1.82) is 0 Å². The molecule has 0 saturated carbocycles. The van der Waals surface area contributed by atoms with Gasteiger partial charge in [-0.1, -0.05) is 23.7 Å². The first-order valence-electron chi connectivity index (χ1n) is 13.3. The number of rotatable bonds is 4. The highest BCUT2D eigenvalue weighted by Gasteiger charge is 2.34. The van der Waals surface area contributed by atoms with Gasteiger partial charge >= 0.3 is 12.3 Å². The van der Waals surface area contributed by atoms with Gasteiger partial charge in [-0.05, 0) is 86.8 Å². The van der Waals surface area contributed by atoms with Crippen LogP contribution in [-0.4, -0.2) is 56.6 Å². The summed E-state index contributed by atoms with van der Waals surface area (Å²) in [7, 11) is 0. The van der Waals surface area contributed by atoms with Crippen LogP contribution in [-0.2, 0) is 22.3 Å². The Hall–Kier alpha value is -3.51. The summed E-state index contributed by atoms with van der Waals surface area (Å²) in [5.74, 6) is -0.351. The molecule has 0 aliphatic carbocycles. The third-order valence-corrected chi connectivity index (χ3v) is 7.96. The first-order valence-corrected chi connectivity index (χ1v) is 14.5. The monoisotopic (exact) mass is 619 g/mol. The number of thioether (sulfide) groups is 1. The lowest BCUT2D eigenvalue weighted by atomic mass is 10.1. The maximum atomic E-state index is 13.6. The molecule has 0 radical (unpaired) electrons. The summed E-state index contributed by atoms with van der Waals surface area (Å²) in [6.45, 7) is 6.57. The number of nitrogens with zero attached hydrogens (tertiary/aromatic N) is 4. The zero-order chi connectivity index (χ0) is 30.2. The fourth-order valence-corrected chi connectivity index (χ4v) is 5.98. The molecule has 8 nitrogen and oxygen atoms in total. The second-order valence-electron chi connectivity index (χ2n) is 11.2. The second kappa shape index (κ2) is 11.6. The SMILES string of the molecule is CC(C)(C)OC(=O)NC1CCCN(C2=NC(=O)/C(=C/c3ccc4c(cnn4Cc4ccc(Cl)cc4C(F)(F)F)c3)S2)C1. The van der Waals surface area contributed by atoms with Crippen molar-refractivity contribution in [2.45, 2.75) is 58.0 Å². The van der Waals surface area contributed by atoms with Crippen LogP contribution in [0.4, 0.5) is 18.0 Å². The van der Waals surface area contributed by atoms with Gasteiger partial charge in [-0.15, -0.1) is 0 Å². The Morgan fingerprint density at radius 2 is 2.00 bits per heavy atom. The van der Waals surface area contributed by atoms with E-state index in [1.54, 1.807) is 45.2 Å². The normalized spacial score (nSPS) is 19.0. The number of alkyl carbamates (subject to hydrolysis) is 1. The fraction of sp³-hybridized carbons (Fsp3) is 0.379. The van der Waals surface area contributed by atoms with Crippen LogP contribution in [0.2, 0.25) is 5.02 Å². The summed E-state index contributed by atoms with van der Waals surface area (Å²) in [6, 6.07) is 8.95. The summed E-state index contributed by atoms with van der Waals surface area (Å²) in [4.78, 5) is 31.6. The molecule has 2 aliphatic rings. The predicted octanol–water partition coefficient (Wildman–Crippen LogP) is 6.72. The van der Waals surface area contributed by atoms with Crippen LogP contribution in [0, 0.1) is 0 Å². The van der Waals surface area contributed by atoms with E-state index in [4.69, 9.17) is 16.3 Å². The Bertz CT molecular complexity index is 1600. The zero-order valence-corrected chi connectivity index (χ0v) is 24.7. The Morgan fingerprint density at radius 3 is 2.74 bits per heavy atom. The number of carbonyl (C=O) groups excluding carboxylic acids is 2. The van der Waals surface area contributed by atoms with Crippen molar-refractivity contribution in [2.24, 2.45) is 4.99 Å². The Morgan fingerprint density at radius 1 is 1.21 bits per heavy atom. The number of nitrogens with one attached hydrogen (secondary N) is 1. The lowest BCUT2D eigenvalue weighted by molar-refractivity contribution is -0.138. The van der Waals surface area contributed by atoms with E-state index < -0.39 is 23.4 Å². The van der Waals surface area contributed by atoms with Crippen molar-refractivity contribution < 1.29 is 27.5 Å². The number of likely N-dealkylation sites (tertiary alicyclic amines) is 1. The highest BCUT2D eigenvalue weighted by atomic mass is 35.5. The van der Waals surface area contributed by atoms with E-state index in [1.807, 2.05) is 11.0 Å². The number of aromatic nitrogens is 2. The van der Waals surface area contributed by atoms with Gasteiger partial charge in [0.25, 0.3) is 5.91 Å². The molecule has 222 valence electrons. The molecule has 1 atom stereocenters. The number of amidine groups is 1. The van der Waals surface area contributed by atoms with Gasteiger partial charge in [-0.25, -0.2) is 4.79 Å². The molecule has 3 aromatic rings. The van der Waals surface area contributed by atoms with E-state index >= 15 is 0 Å². The number of piperidine rings is 1. The van der Waals surface area contributed by atoms with Gasteiger partial charge in [0.2, 0.25) is 0 Å². The highest BCUT2D eigenvalue weighted by Crippen LogP contribution is 2.35. The van der Waals surface area contributed by atoms with Crippen LogP contribution in [0.3, 0.4) is 0 Å². The maximum Gasteiger partial charge on any atom is 0.416 e. The number of hydrogen-bond donors (Lipinski definition) is 1. The lowest BCUT2D eigenvalue weighted by Crippen LogP contribution is -2.49. The van der Waals surface area contributed by atoms with E-state index in [9.17, 15) is 22.8 Å². The molecule has 2 amide bonds. The minimum Gasteiger partial charge on any atom is -0.444 e. The van der Waals surface area contributed by atoms with Crippen molar-refractivity contribution in [2.75, 3.05) is 13.1 Å². The number of ether oxygens (including phenoxy) is 1. The van der Waals surface area contributed by atoms with Crippen molar-refractivity contribution in [3.05, 3.63) is 69.2 Å². The quantitative estimate of drug-likeness (QED) is 0.326. The van der Waals surface area contributed by atoms with Gasteiger partial charge in [0.15, 0.2) is 5.17 Å². The molecule has 0 bridgehead atoms. The summed E-state index contributed by atoms with van der Waals surface area (Å²) in [5, 5.41) is 8.51. The molecule has 1 fully saturated rings. The van der Waals surface area contributed by atoms with E-state index in [-0.39, 0.29) is 29.1 Å². The number of halogens is 4. The van der Waals surface area contributed by atoms with Crippen LogP contribution >= 0.6 is 23.4 Å². The number of fused-ring (bicyclic) bond motifs is 1. The fourth-order valence-electron chi connectivity index (χ4n) is 4.86. The zero-order valence-electron chi connectivity index (χ0n) is 23.2. The molecule has 1 unspecified atom stereocenters. The second-order valence-corrected chi connectivity index (χ2v) is 12.6. The lowest BCUT2D eigenvalue weighted by Gasteiger charge is -2.34. The van der Waals surface area contributed by atoms with Gasteiger partial charge in [-0.2, -0.15) is 23.3 Å². The molecule has 2 aliphatic heterocycles. The molecule has 42 heavy (non-hydrogen) atoms. The average molecular weight is 620 g/mol. The Labute approximate surface area is 249 Å². The molecule has 1 saturated heterocycles. The minimum atomic E-state index is -4.54. The first kappa shape index (κ1) is 30.0. The first-order chi connectivity index (χ1) is 19.7. The number of amides is 2. The molecule has 1 N–H and O–H groups in total. The topological polar surface area (TPSA) is 88.8 Å². The number of benzene rings is 2. The third-order valence-electron chi connectivity index (χ3n) is 6.68. The van der Waals surface area contributed by atoms with E-state index in [1.165, 1.54) is 28.6 Å². The van der Waals surface area contributed by atoms with E-state index in [0.29, 0.717) is 28.7 Å². The minimum absolute atomic E-state index is 0.0121. The summed E-state index contributed by atoms with van der Waals surface area (Å²) < 4.78 is 47.5. The number of alkyl halides is 3. The Kier molecular flexibility index (Phi) is 8.30. The van der Waals surface area contributed by atoms with Crippen LogP contribution in [0.15, 0.2) is 52.5 Å². The number of hydrogen-bond acceptors (Lipinski definition) is 6. The van der Waals surface area contributed by atoms with Crippen LogP contribution < -0.4 is 5.32 Å². The van der Waals surface area contributed by atoms with Gasteiger partial charge in [-0.3, -0.25) is 9.48 Å². The number of aliphatic imine (C=N–C) groups is 1. The Balaban J connectivity index is 1.27. The van der Waals surface area contributed by atoms with Gasteiger partial charge in [0, 0.05) is 29.5 Å². The summed E-state index contributed by atoms with van der Waals surface area (Å²) in [5.41, 5.74) is 0.0554. The van der Waals surface area contributed by atoms with Crippen molar-refractivity contribution in [3.63, 3.8) is 0 Å². The molecular weight excluding hydrogens is 591 g/mol. The molecule has 0 spiro atoms. The molecule has 2 aromatic carbocycles. The summed E-state index contributed by atoms with van der Waals surface area (Å²) in [6.07, 6.45) is -0.0699. The molecule has 13 heteroatoms. The molecule has 1 aromatic heterocycles. The molecule has 3 heterocycles. The molecular formula is C29H29ClF3N5O3S. The van der Waals surface area contributed by atoms with Crippen molar-refractivity contribution >= 4 is 57.5 Å². The van der Waals surface area contributed by atoms with Crippen LogP contribution in [0.25, 0.3) is 17.0 Å². The largest absolute Gasteiger partial charge is 0.444 e. The molecule has 5 rings (SSSR count). The van der Waals surface area contributed by atoms with Gasteiger partial charge in [0.1, 0.15) is 5.60 Å². The van der Waals surface area contributed by atoms with Crippen molar-refractivity contribution in [1.82, 2.24) is 20.0 Å². The van der Waals surface area contributed by atoms with Crippen molar-refractivity contribution in [3.8, 4) is 0 Å². The van der Waals surface area contributed by atoms with Crippen LogP contribution in [0.5, 0.6) is 0 Å². The van der Waals surface area contributed by atoms with Crippen LogP contribution in [0.1, 0.15) is 50.3 Å². The maximum absolute atomic E-state index is 13.6. The average Bonchev–Trinajstić information content (AvgIpc) is 3.46. The number of carbonyl (C=O) groups is 2. The third kappa shape index (κ3) is 7.09. The van der Waals surface area contributed by atoms with E-state index in [2.05, 4.69) is 15.4 Å². The van der Waals surface area contributed by atoms with Gasteiger partial charge < -0.3 is 15.0 Å². The highest BCUT2D eigenvalue weighted by molar-refractivity contribution is 8.18. The van der Waals surface area contributed by atoms with E-state index in [0.717, 1.165) is 29.9 Å². The summed E-state index contributed by atoms with van der Waals surface area (Å²) >= 11 is 7.08. The van der Waals surface area contributed by atoms with Gasteiger partial charge in [0.05, 0.1) is 28.7 Å².